The number of amides is 1. The van der Waals surface area contributed by atoms with Crippen LogP contribution in [0.25, 0.3) is 0 Å². The van der Waals surface area contributed by atoms with Crippen LogP contribution < -0.4 is 11.1 Å². The lowest BCUT2D eigenvalue weighted by Crippen LogP contribution is -2.42. The molecule has 0 spiro atoms. The Labute approximate surface area is 159 Å². The molecule has 0 bridgehead atoms. The zero-order valence-corrected chi connectivity index (χ0v) is 15.2. The van der Waals surface area contributed by atoms with E-state index in [0.29, 0.717) is 11.1 Å². The number of halogens is 2. The van der Waals surface area contributed by atoms with Gasteiger partial charge in [0.25, 0.3) is 5.91 Å². The molecule has 2 rings (SSSR count). The van der Waals surface area contributed by atoms with Crippen molar-refractivity contribution < 1.29 is 14.7 Å². The number of nitrogens with one attached hydrogen (secondary N) is 1. The number of rotatable bonds is 6. The topological polar surface area (TPSA) is 92.4 Å². The quantitative estimate of drug-likeness (QED) is 0.652. The number of hydrogen-bond donors (Lipinski definition) is 3. The summed E-state index contributed by atoms with van der Waals surface area (Å²) in [5.41, 5.74) is 6.95. The van der Waals surface area contributed by atoms with Gasteiger partial charge in [-0.2, -0.15) is 0 Å². The van der Waals surface area contributed by atoms with Crippen LogP contribution in [-0.4, -0.2) is 28.0 Å². The molecule has 0 heterocycles. The molecule has 5 nitrogen and oxygen atoms in total. The molecule has 4 N–H and O–H groups in total. The van der Waals surface area contributed by atoms with Crippen molar-refractivity contribution in [2.75, 3.05) is 0 Å². The van der Waals surface area contributed by atoms with Crippen molar-refractivity contribution in [2.45, 2.75) is 12.5 Å². The molecule has 2 aromatic carbocycles. The molecule has 1 atom stereocenters. The van der Waals surface area contributed by atoms with Crippen molar-refractivity contribution in [1.82, 2.24) is 5.32 Å². The summed E-state index contributed by atoms with van der Waals surface area (Å²) >= 11 is 16.8. The van der Waals surface area contributed by atoms with E-state index in [1.54, 1.807) is 30.3 Å². The SMILES string of the molecule is NC(=S)c1ccc(CC(NC(=O)c2c(Cl)cccc2Cl)C(=O)O)cc1. The van der Waals surface area contributed by atoms with Gasteiger partial charge in [-0.25, -0.2) is 4.79 Å². The zero-order chi connectivity index (χ0) is 18.6. The van der Waals surface area contributed by atoms with E-state index < -0.39 is 17.9 Å². The number of carboxylic acid groups (broad SMARTS) is 1. The number of benzene rings is 2. The van der Waals surface area contributed by atoms with Crippen LogP contribution in [0.2, 0.25) is 10.0 Å². The van der Waals surface area contributed by atoms with Gasteiger partial charge in [-0.15, -0.1) is 0 Å². The second kappa shape index (κ2) is 8.29. The van der Waals surface area contributed by atoms with E-state index in [1.165, 1.54) is 12.1 Å². The summed E-state index contributed by atoms with van der Waals surface area (Å²) in [5, 5.41) is 12.1. The average Bonchev–Trinajstić information content (AvgIpc) is 2.54. The minimum absolute atomic E-state index is 0.0425. The van der Waals surface area contributed by atoms with Crippen LogP contribution in [0, 0.1) is 0 Å². The Bertz CT molecular complexity index is 805. The summed E-state index contributed by atoms with van der Waals surface area (Å²) in [7, 11) is 0. The fourth-order valence-corrected chi connectivity index (χ4v) is 2.89. The number of aliphatic carboxylic acids is 1. The first-order valence-electron chi connectivity index (χ1n) is 7.16. The molecule has 0 saturated carbocycles. The van der Waals surface area contributed by atoms with Crippen molar-refractivity contribution in [3.05, 3.63) is 69.2 Å². The summed E-state index contributed by atoms with van der Waals surface area (Å²) in [4.78, 5) is 24.1. The van der Waals surface area contributed by atoms with E-state index >= 15 is 0 Å². The molecule has 0 radical (unpaired) electrons. The highest BCUT2D eigenvalue weighted by molar-refractivity contribution is 7.80. The lowest BCUT2D eigenvalue weighted by atomic mass is 10.0. The molecule has 0 aliphatic rings. The molecule has 130 valence electrons. The van der Waals surface area contributed by atoms with Crippen molar-refractivity contribution in [3.63, 3.8) is 0 Å². The average molecular weight is 397 g/mol. The first kappa shape index (κ1) is 19.2. The normalized spacial score (nSPS) is 11.6. The molecule has 1 unspecified atom stereocenters. The Morgan fingerprint density at radius 2 is 1.68 bits per heavy atom. The molecule has 0 fully saturated rings. The van der Waals surface area contributed by atoms with Crippen LogP contribution in [0.3, 0.4) is 0 Å². The Morgan fingerprint density at radius 1 is 1.12 bits per heavy atom. The Hall–Kier alpha value is -2.15. The van der Waals surface area contributed by atoms with Crippen molar-refractivity contribution in [2.24, 2.45) is 5.73 Å². The highest BCUT2D eigenvalue weighted by Gasteiger charge is 2.23. The van der Waals surface area contributed by atoms with Crippen molar-refractivity contribution in [1.29, 1.82) is 0 Å². The molecule has 1 amide bonds. The van der Waals surface area contributed by atoms with Crippen LogP contribution in [0.4, 0.5) is 0 Å². The predicted molar refractivity (Wildman–Crippen MR) is 101 cm³/mol. The molecule has 0 aliphatic carbocycles. The number of hydrogen-bond acceptors (Lipinski definition) is 3. The second-order valence-electron chi connectivity index (χ2n) is 5.23. The van der Waals surface area contributed by atoms with Crippen molar-refractivity contribution in [3.8, 4) is 0 Å². The number of carbonyl (C=O) groups excluding carboxylic acids is 1. The third-order valence-corrected chi connectivity index (χ3v) is 4.34. The summed E-state index contributed by atoms with van der Waals surface area (Å²) in [6.07, 6.45) is 0.0841. The molecule has 8 heteroatoms. The minimum Gasteiger partial charge on any atom is -0.480 e. The first-order chi connectivity index (χ1) is 11.8. The van der Waals surface area contributed by atoms with E-state index in [4.69, 9.17) is 41.2 Å². The standard InChI is InChI=1S/C17H14Cl2N2O3S/c18-11-2-1-3-12(19)14(11)16(22)21-13(17(23)24)8-9-4-6-10(7-5-9)15(20)25/h1-7,13H,8H2,(H2,20,25)(H,21,22)(H,23,24). The fourth-order valence-electron chi connectivity index (χ4n) is 2.19. The van der Waals surface area contributed by atoms with Gasteiger partial charge in [0.2, 0.25) is 0 Å². The smallest absolute Gasteiger partial charge is 0.326 e. The van der Waals surface area contributed by atoms with E-state index in [9.17, 15) is 14.7 Å². The van der Waals surface area contributed by atoms with Crippen LogP contribution in [0.5, 0.6) is 0 Å². The maximum Gasteiger partial charge on any atom is 0.326 e. The molecular weight excluding hydrogens is 383 g/mol. The van der Waals surface area contributed by atoms with Gasteiger partial charge in [-0.1, -0.05) is 65.8 Å². The molecule has 25 heavy (non-hydrogen) atoms. The van der Waals surface area contributed by atoms with Gasteiger partial charge in [-0.3, -0.25) is 4.79 Å². The Morgan fingerprint density at radius 3 is 2.16 bits per heavy atom. The lowest BCUT2D eigenvalue weighted by Gasteiger charge is -2.16. The van der Waals surface area contributed by atoms with Crippen LogP contribution in [0.1, 0.15) is 21.5 Å². The third-order valence-electron chi connectivity index (χ3n) is 3.47. The molecule has 0 aromatic heterocycles. The minimum atomic E-state index is -1.17. The zero-order valence-electron chi connectivity index (χ0n) is 12.8. The summed E-state index contributed by atoms with van der Waals surface area (Å²) in [6.45, 7) is 0. The number of carboxylic acids is 1. The highest BCUT2D eigenvalue weighted by Crippen LogP contribution is 2.24. The van der Waals surface area contributed by atoms with Crippen LogP contribution in [0.15, 0.2) is 42.5 Å². The number of carbonyl (C=O) groups is 2. The first-order valence-corrected chi connectivity index (χ1v) is 8.32. The highest BCUT2D eigenvalue weighted by atomic mass is 35.5. The lowest BCUT2D eigenvalue weighted by molar-refractivity contribution is -0.139. The fraction of sp³-hybridized carbons (Fsp3) is 0.118. The molecule has 2 aromatic rings. The van der Waals surface area contributed by atoms with E-state index in [-0.39, 0.29) is 27.0 Å². The molecule has 0 aliphatic heterocycles. The van der Waals surface area contributed by atoms with Gasteiger partial charge < -0.3 is 16.2 Å². The number of thiocarbonyl (C=S) groups is 1. The molecule has 0 saturated heterocycles. The maximum atomic E-state index is 12.4. The maximum absolute atomic E-state index is 12.4. The van der Waals surface area contributed by atoms with E-state index in [1.807, 2.05) is 0 Å². The summed E-state index contributed by atoms with van der Waals surface area (Å²) in [5.74, 6) is -1.82. The summed E-state index contributed by atoms with van der Waals surface area (Å²) in [6, 6.07) is 10.3. The van der Waals surface area contributed by atoms with Crippen LogP contribution in [-0.2, 0) is 11.2 Å². The van der Waals surface area contributed by atoms with Gasteiger partial charge in [-0.05, 0) is 17.7 Å². The van der Waals surface area contributed by atoms with Gasteiger partial charge in [0.1, 0.15) is 11.0 Å². The van der Waals surface area contributed by atoms with Gasteiger partial charge in [0.15, 0.2) is 0 Å². The van der Waals surface area contributed by atoms with Gasteiger partial charge >= 0.3 is 5.97 Å². The largest absolute Gasteiger partial charge is 0.480 e. The third kappa shape index (κ3) is 4.92. The predicted octanol–water partition coefficient (Wildman–Crippen LogP) is 3.05. The summed E-state index contributed by atoms with van der Waals surface area (Å²) < 4.78 is 0. The Kier molecular flexibility index (Phi) is 6.36. The van der Waals surface area contributed by atoms with Gasteiger partial charge in [0.05, 0.1) is 15.6 Å². The van der Waals surface area contributed by atoms with Crippen LogP contribution >= 0.6 is 35.4 Å². The van der Waals surface area contributed by atoms with E-state index in [2.05, 4.69) is 5.32 Å². The van der Waals surface area contributed by atoms with Gasteiger partial charge in [0, 0.05) is 12.0 Å². The van der Waals surface area contributed by atoms with E-state index in [0.717, 1.165) is 0 Å². The number of nitrogens with two attached hydrogens (primary N) is 1. The second-order valence-corrected chi connectivity index (χ2v) is 6.48. The molecular formula is C17H14Cl2N2O3S. The Balaban J connectivity index is 2.17. The monoisotopic (exact) mass is 396 g/mol. The van der Waals surface area contributed by atoms with Crippen molar-refractivity contribution >= 4 is 52.3 Å².